The van der Waals surface area contributed by atoms with E-state index in [2.05, 4.69) is 10.3 Å². The van der Waals surface area contributed by atoms with Crippen LogP contribution in [0.3, 0.4) is 0 Å². The molecule has 8 nitrogen and oxygen atoms in total. The van der Waals surface area contributed by atoms with Crippen molar-refractivity contribution in [2.45, 2.75) is 6.04 Å². The average molecular weight is 296 g/mol. The Labute approximate surface area is 119 Å². The van der Waals surface area contributed by atoms with Crippen LogP contribution in [0.4, 0.5) is 5.69 Å². The van der Waals surface area contributed by atoms with E-state index in [0.29, 0.717) is 19.6 Å². The Bertz CT molecular complexity index is 600. The van der Waals surface area contributed by atoms with Crippen LogP contribution in [0.5, 0.6) is 0 Å². The number of halogens is 1. The van der Waals surface area contributed by atoms with E-state index in [0.717, 1.165) is 12.3 Å². The first kappa shape index (κ1) is 14.2. The van der Waals surface area contributed by atoms with E-state index in [-0.39, 0.29) is 10.7 Å². The molecule has 2 rings (SSSR count). The Morgan fingerprint density at radius 1 is 1.70 bits per heavy atom. The fourth-order valence-corrected chi connectivity index (χ4v) is 2.11. The van der Waals surface area contributed by atoms with Gasteiger partial charge < -0.3 is 10.2 Å². The lowest BCUT2D eigenvalue weighted by molar-refractivity contribution is -0.385. The lowest BCUT2D eigenvalue weighted by Crippen LogP contribution is -2.53. The molecule has 1 N–H and O–H groups in total. The molecule has 0 aliphatic carbocycles. The van der Waals surface area contributed by atoms with Crippen molar-refractivity contribution in [1.29, 1.82) is 5.26 Å². The van der Waals surface area contributed by atoms with Gasteiger partial charge in [0.15, 0.2) is 0 Å². The van der Waals surface area contributed by atoms with E-state index in [4.69, 9.17) is 16.9 Å². The summed E-state index contributed by atoms with van der Waals surface area (Å²) in [6.45, 7) is 1.15. The van der Waals surface area contributed by atoms with Gasteiger partial charge in [0.2, 0.25) is 0 Å². The van der Waals surface area contributed by atoms with Crippen molar-refractivity contribution in [3.05, 3.63) is 33.1 Å². The number of hydrogen-bond acceptors (Lipinski definition) is 6. The summed E-state index contributed by atoms with van der Waals surface area (Å²) in [7, 11) is 0. The topological polar surface area (TPSA) is 112 Å². The first-order valence-electron chi connectivity index (χ1n) is 5.76. The van der Waals surface area contributed by atoms with Gasteiger partial charge >= 0.3 is 0 Å². The van der Waals surface area contributed by atoms with Gasteiger partial charge in [0.05, 0.1) is 11.0 Å². The SMILES string of the molecule is N#CC1CNCCN1C(=O)c1cc(Cl)ncc1[N+](=O)[O-]. The highest BCUT2D eigenvalue weighted by Gasteiger charge is 2.31. The number of piperazine rings is 1. The average Bonchev–Trinajstić information content (AvgIpc) is 2.46. The molecule has 0 radical (unpaired) electrons. The van der Waals surface area contributed by atoms with Crippen molar-refractivity contribution >= 4 is 23.2 Å². The van der Waals surface area contributed by atoms with Gasteiger partial charge in [-0.15, -0.1) is 0 Å². The van der Waals surface area contributed by atoms with Gasteiger partial charge in [0, 0.05) is 19.6 Å². The highest BCUT2D eigenvalue weighted by molar-refractivity contribution is 6.29. The summed E-state index contributed by atoms with van der Waals surface area (Å²) in [5, 5.41) is 23.0. The minimum Gasteiger partial charge on any atom is -0.320 e. The second kappa shape index (κ2) is 5.81. The van der Waals surface area contributed by atoms with E-state index in [9.17, 15) is 14.9 Å². The molecule has 1 aliphatic heterocycles. The molecule has 1 atom stereocenters. The van der Waals surface area contributed by atoms with Crippen LogP contribution in [0.1, 0.15) is 10.4 Å². The van der Waals surface area contributed by atoms with Crippen molar-refractivity contribution in [3.8, 4) is 6.07 Å². The van der Waals surface area contributed by atoms with Gasteiger partial charge in [-0.1, -0.05) is 11.6 Å². The summed E-state index contributed by atoms with van der Waals surface area (Å²) in [5.41, 5.74) is -0.577. The summed E-state index contributed by atoms with van der Waals surface area (Å²) >= 11 is 5.69. The maximum atomic E-state index is 12.4. The number of nitrogens with zero attached hydrogens (tertiary/aromatic N) is 4. The molecular weight excluding hydrogens is 286 g/mol. The Morgan fingerprint density at radius 2 is 2.45 bits per heavy atom. The Morgan fingerprint density at radius 3 is 3.10 bits per heavy atom. The highest BCUT2D eigenvalue weighted by Crippen LogP contribution is 2.23. The molecule has 1 aromatic heterocycles. The minimum absolute atomic E-state index is 0.0115. The lowest BCUT2D eigenvalue weighted by atomic mass is 10.1. The lowest BCUT2D eigenvalue weighted by Gasteiger charge is -2.31. The molecule has 1 saturated heterocycles. The zero-order valence-corrected chi connectivity index (χ0v) is 11.0. The number of nitriles is 1. The molecule has 2 heterocycles. The van der Waals surface area contributed by atoms with Crippen LogP contribution in [0, 0.1) is 21.4 Å². The van der Waals surface area contributed by atoms with E-state index in [1.165, 1.54) is 4.90 Å². The molecule has 1 amide bonds. The second-order valence-electron chi connectivity index (χ2n) is 4.13. The summed E-state index contributed by atoms with van der Waals surface area (Å²) in [5.74, 6) is -0.589. The smallest absolute Gasteiger partial charge is 0.300 e. The van der Waals surface area contributed by atoms with E-state index < -0.39 is 22.6 Å². The molecule has 104 valence electrons. The number of carbonyl (C=O) groups excluding carboxylic acids is 1. The van der Waals surface area contributed by atoms with E-state index in [1.807, 2.05) is 6.07 Å². The minimum atomic E-state index is -0.694. The standard InChI is InChI=1S/C11H10ClN5O3/c12-10-3-8(9(6-15-10)17(19)20)11(18)16-2-1-14-5-7(16)4-13/h3,6-7,14H,1-2,5H2. The molecule has 20 heavy (non-hydrogen) atoms. The van der Waals surface area contributed by atoms with Gasteiger partial charge in [-0.2, -0.15) is 5.26 Å². The molecule has 1 fully saturated rings. The fourth-order valence-electron chi connectivity index (χ4n) is 1.96. The van der Waals surface area contributed by atoms with Crippen molar-refractivity contribution in [3.63, 3.8) is 0 Å². The Balaban J connectivity index is 2.40. The third-order valence-corrected chi connectivity index (χ3v) is 3.14. The van der Waals surface area contributed by atoms with Crippen LogP contribution >= 0.6 is 11.6 Å². The molecule has 1 aromatic rings. The summed E-state index contributed by atoms with van der Waals surface area (Å²) in [6.07, 6.45) is 0.944. The third kappa shape index (κ3) is 2.68. The molecule has 1 aliphatic rings. The Hall–Kier alpha value is -2.24. The van der Waals surface area contributed by atoms with Crippen LogP contribution in [-0.2, 0) is 0 Å². The quantitative estimate of drug-likeness (QED) is 0.485. The van der Waals surface area contributed by atoms with E-state index in [1.54, 1.807) is 0 Å². The second-order valence-corrected chi connectivity index (χ2v) is 4.52. The van der Waals surface area contributed by atoms with Crippen LogP contribution in [-0.4, -0.2) is 46.4 Å². The van der Waals surface area contributed by atoms with Crippen LogP contribution in [0.25, 0.3) is 0 Å². The molecule has 0 saturated carbocycles. The molecule has 9 heteroatoms. The predicted octanol–water partition coefficient (Wildman–Crippen LogP) is 0.581. The highest BCUT2D eigenvalue weighted by atomic mass is 35.5. The van der Waals surface area contributed by atoms with Crippen LogP contribution < -0.4 is 5.32 Å². The zero-order valence-electron chi connectivity index (χ0n) is 10.2. The number of nitro groups is 1. The number of nitrogens with one attached hydrogen (secondary N) is 1. The third-order valence-electron chi connectivity index (χ3n) is 2.93. The number of hydrogen-bond donors (Lipinski definition) is 1. The number of amides is 1. The molecular formula is C11H10ClN5O3. The van der Waals surface area contributed by atoms with Crippen molar-refractivity contribution in [2.24, 2.45) is 0 Å². The Kier molecular flexibility index (Phi) is 4.12. The number of aromatic nitrogens is 1. The van der Waals surface area contributed by atoms with Crippen molar-refractivity contribution < 1.29 is 9.72 Å². The molecule has 1 unspecified atom stereocenters. The maximum Gasteiger partial charge on any atom is 0.300 e. The van der Waals surface area contributed by atoms with E-state index >= 15 is 0 Å². The number of carbonyl (C=O) groups is 1. The largest absolute Gasteiger partial charge is 0.320 e. The van der Waals surface area contributed by atoms with Gasteiger partial charge in [-0.25, -0.2) is 4.98 Å². The predicted molar refractivity (Wildman–Crippen MR) is 69.2 cm³/mol. The first-order valence-corrected chi connectivity index (χ1v) is 6.13. The summed E-state index contributed by atoms with van der Waals surface area (Å²) < 4.78 is 0. The van der Waals surface area contributed by atoms with Gasteiger partial charge in [-0.05, 0) is 6.07 Å². The van der Waals surface area contributed by atoms with Gasteiger partial charge in [0.25, 0.3) is 11.6 Å². The van der Waals surface area contributed by atoms with Crippen LogP contribution in [0.15, 0.2) is 12.3 Å². The molecule has 0 spiro atoms. The summed E-state index contributed by atoms with van der Waals surface area (Å²) in [4.78, 5) is 27.6. The summed E-state index contributed by atoms with van der Waals surface area (Å²) in [6, 6.07) is 2.48. The van der Waals surface area contributed by atoms with Gasteiger partial charge in [0.1, 0.15) is 23.0 Å². The van der Waals surface area contributed by atoms with Crippen LogP contribution in [0.2, 0.25) is 5.15 Å². The van der Waals surface area contributed by atoms with Gasteiger partial charge in [-0.3, -0.25) is 14.9 Å². The van der Waals surface area contributed by atoms with Crippen molar-refractivity contribution in [2.75, 3.05) is 19.6 Å². The normalized spacial score (nSPS) is 18.4. The molecule has 0 aromatic carbocycles. The zero-order chi connectivity index (χ0) is 14.7. The fraction of sp³-hybridized carbons (Fsp3) is 0.364. The number of pyridine rings is 1. The monoisotopic (exact) mass is 295 g/mol. The maximum absolute atomic E-state index is 12.4. The number of rotatable bonds is 2. The first-order chi connectivity index (χ1) is 9.54. The van der Waals surface area contributed by atoms with Crippen molar-refractivity contribution in [1.82, 2.24) is 15.2 Å². The molecule has 0 bridgehead atoms.